The molecule has 3 rings (SSSR count). The molecular formula is C19H18N2O7S. The third-order valence-electron chi connectivity index (χ3n) is 4.25. The maximum atomic E-state index is 12.5. The highest BCUT2D eigenvalue weighted by Gasteiger charge is 2.34. The number of nitrogens with zero attached hydrogens (tertiary/aromatic N) is 1. The number of imide groups is 1. The fraction of sp³-hybridized carbons (Fsp3) is 0.211. The van der Waals surface area contributed by atoms with Crippen LogP contribution in [0, 0.1) is 0 Å². The number of carbonyl (C=O) groups excluding carboxylic acids is 3. The number of ether oxygens (including phenoxy) is 2. The van der Waals surface area contributed by atoms with Gasteiger partial charge in [0.25, 0.3) is 0 Å². The Hall–Kier alpha value is -3.24. The molecule has 2 N–H and O–H groups in total. The summed E-state index contributed by atoms with van der Waals surface area (Å²) in [7, 11) is -3.28. The van der Waals surface area contributed by atoms with Crippen molar-refractivity contribution in [2.24, 2.45) is 5.14 Å². The first-order valence-corrected chi connectivity index (χ1v) is 10.1. The third-order valence-corrected chi connectivity index (χ3v) is 5.16. The smallest absolute Gasteiger partial charge is 0.337 e. The average Bonchev–Trinajstić information content (AvgIpc) is 2.68. The van der Waals surface area contributed by atoms with Gasteiger partial charge in [0.05, 0.1) is 18.4 Å². The maximum Gasteiger partial charge on any atom is 0.337 e. The normalized spacial score (nSPS) is 14.6. The lowest BCUT2D eigenvalue weighted by atomic mass is 10.1. The van der Waals surface area contributed by atoms with E-state index in [0.29, 0.717) is 6.42 Å². The van der Waals surface area contributed by atoms with Gasteiger partial charge in [-0.25, -0.2) is 23.3 Å². The van der Waals surface area contributed by atoms with Crippen molar-refractivity contribution >= 4 is 33.5 Å². The number of benzene rings is 2. The summed E-state index contributed by atoms with van der Waals surface area (Å²) in [6.45, 7) is 0. The van der Waals surface area contributed by atoms with Crippen LogP contribution in [-0.4, -0.2) is 33.3 Å². The number of hydrogen-bond donors (Lipinski definition) is 1. The van der Waals surface area contributed by atoms with Crippen molar-refractivity contribution in [2.45, 2.75) is 24.2 Å². The van der Waals surface area contributed by atoms with E-state index in [9.17, 15) is 22.8 Å². The van der Waals surface area contributed by atoms with Crippen molar-refractivity contribution < 1.29 is 32.3 Å². The van der Waals surface area contributed by atoms with E-state index in [-0.39, 0.29) is 35.6 Å². The van der Waals surface area contributed by atoms with Gasteiger partial charge in [0.15, 0.2) is 5.75 Å². The van der Waals surface area contributed by atoms with Gasteiger partial charge in [-0.15, -0.1) is 0 Å². The van der Waals surface area contributed by atoms with Crippen molar-refractivity contribution in [3.05, 3.63) is 48.0 Å². The van der Waals surface area contributed by atoms with Crippen LogP contribution in [-0.2, 0) is 24.3 Å². The standard InChI is InChI=1S/C19H18N2O7S/c1-27-19(24)12-10-14(21-16(22)8-5-9-17(21)23)18(15(11-12)29(20,25)26)28-13-6-3-2-4-7-13/h2-4,6-7,10-11H,5,8-9H2,1H3,(H2,20,25,26). The quantitative estimate of drug-likeness (QED) is 0.579. The van der Waals surface area contributed by atoms with Crippen LogP contribution in [0.15, 0.2) is 47.4 Å². The van der Waals surface area contributed by atoms with E-state index in [2.05, 4.69) is 4.74 Å². The molecule has 0 spiro atoms. The van der Waals surface area contributed by atoms with Crippen LogP contribution in [0.2, 0.25) is 0 Å². The van der Waals surface area contributed by atoms with Gasteiger partial charge in [0, 0.05) is 12.8 Å². The number of piperidine rings is 1. The molecule has 2 aromatic carbocycles. The SMILES string of the molecule is COC(=O)c1cc(N2C(=O)CCCC2=O)c(Oc2ccccc2)c(S(N)(=O)=O)c1. The molecule has 2 amide bonds. The molecule has 1 aliphatic heterocycles. The summed E-state index contributed by atoms with van der Waals surface area (Å²) in [6, 6.07) is 10.3. The fourth-order valence-electron chi connectivity index (χ4n) is 2.93. The van der Waals surface area contributed by atoms with Gasteiger partial charge in [-0.1, -0.05) is 18.2 Å². The Kier molecular flexibility index (Phi) is 5.66. The Morgan fingerprint density at radius 1 is 1.07 bits per heavy atom. The molecular weight excluding hydrogens is 400 g/mol. The van der Waals surface area contributed by atoms with Crippen LogP contribution in [0.4, 0.5) is 5.69 Å². The van der Waals surface area contributed by atoms with E-state index in [1.54, 1.807) is 30.3 Å². The molecule has 1 fully saturated rings. The third kappa shape index (κ3) is 4.28. The minimum Gasteiger partial charge on any atom is -0.465 e. The van der Waals surface area contributed by atoms with E-state index in [1.807, 2.05) is 0 Å². The molecule has 0 aliphatic carbocycles. The molecule has 1 heterocycles. The Bertz CT molecular complexity index is 1070. The largest absolute Gasteiger partial charge is 0.465 e. The number of amides is 2. The van der Waals surface area contributed by atoms with Crippen molar-refractivity contribution in [1.82, 2.24) is 0 Å². The van der Waals surface area contributed by atoms with E-state index in [0.717, 1.165) is 18.1 Å². The first-order valence-electron chi connectivity index (χ1n) is 8.60. The highest BCUT2D eigenvalue weighted by molar-refractivity contribution is 7.89. The van der Waals surface area contributed by atoms with Crippen molar-refractivity contribution in [3.63, 3.8) is 0 Å². The Balaban J connectivity index is 2.31. The first kappa shape index (κ1) is 20.5. The lowest BCUT2D eigenvalue weighted by Crippen LogP contribution is -2.40. The van der Waals surface area contributed by atoms with E-state index in [1.165, 1.54) is 6.07 Å². The highest BCUT2D eigenvalue weighted by Crippen LogP contribution is 2.40. The van der Waals surface area contributed by atoms with Gasteiger partial charge >= 0.3 is 5.97 Å². The number of sulfonamides is 1. The zero-order valence-corrected chi connectivity index (χ0v) is 16.3. The lowest BCUT2D eigenvalue weighted by Gasteiger charge is -2.27. The van der Waals surface area contributed by atoms with Gasteiger partial charge in [-0.3, -0.25) is 9.59 Å². The second-order valence-corrected chi connectivity index (χ2v) is 7.78. The number of esters is 1. The maximum absolute atomic E-state index is 12.5. The summed E-state index contributed by atoms with van der Waals surface area (Å²) in [5.74, 6) is -2.02. The molecule has 2 aromatic rings. The van der Waals surface area contributed by atoms with Crippen molar-refractivity contribution in [3.8, 4) is 11.5 Å². The second-order valence-electron chi connectivity index (χ2n) is 6.25. The monoisotopic (exact) mass is 418 g/mol. The molecule has 9 nitrogen and oxygen atoms in total. The lowest BCUT2D eigenvalue weighted by molar-refractivity contribution is -0.129. The van der Waals surface area contributed by atoms with Crippen molar-refractivity contribution in [1.29, 1.82) is 0 Å². The number of primary sulfonamides is 1. The number of nitrogens with two attached hydrogens (primary N) is 1. The molecule has 0 aromatic heterocycles. The van der Waals surface area contributed by atoms with Crippen LogP contribution in [0.3, 0.4) is 0 Å². The zero-order valence-electron chi connectivity index (χ0n) is 15.5. The van der Waals surface area contributed by atoms with Crippen LogP contribution in [0.25, 0.3) is 0 Å². The predicted octanol–water partition coefficient (Wildman–Crippen LogP) is 1.96. The second kappa shape index (κ2) is 8.02. The molecule has 1 saturated heterocycles. The van der Waals surface area contributed by atoms with Crippen molar-refractivity contribution in [2.75, 3.05) is 12.0 Å². The average molecular weight is 418 g/mol. The highest BCUT2D eigenvalue weighted by atomic mass is 32.2. The number of hydrogen-bond acceptors (Lipinski definition) is 7. The van der Waals surface area contributed by atoms with Gasteiger partial charge < -0.3 is 9.47 Å². The number of rotatable bonds is 5. The van der Waals surface area contributed by atoms with Gasteiger partial charge in [-0.05, 0) is 30.7 Å². The molecule has 29 heavy (non-hydrogen) atoms. The first-order chi connectivity index (χ1) is 13.7. The topological polar surface area (TPSA) is 133 Å². The summed E-state index contributed by atoms with van der Waals surface area (Å²) in [4.78, 5) is 37.3. The van der Waals surface area contributed by atoms with Crippen LogP contribution in [0.1, 0.15) is 29.6 Å². The molecule has 152 valence electrons. The number of anilines is 1. The minimum absolute atomic E-state index is 0.0870. The predicted molar refractivity (Wildman–Crippen MR) is 102 cm³/mol. The molecule has 0 radical (unpaired) electrons. The van der Waals surface area contributed by atoms with E-state index in [4.69, 9.17) is 9.88 Å². The van der Waals surface area contributed by atoms with Gasteiger partial charge in [0.1, 0.15) is 10.6 Å². The van der Waals surface area contributed by atoms with Gasteiger partial charge in [-0.2, -0.15) is 0 Å². The molecule has 10 heteroatoms. The minimum atomic E-state index is -4.40. The zero-order chi connectivity index (χ0) is 21.2. The van der Waals surface area contributed by atoms with Crippen LogP contribution in [0.5, 0.6) is 11.5 Å². The van der Waals surface area contributed by atoms with E-state index >= 15 is 0 Å². The summed E-state index contributed by atoms with van der Waals surface area (Å²) in [5.41, 5.74) is -0.381. The molecule has 0 unspecified atom stereocenters. The Morgan fingerprint density at radius 2 is 1.69 bits per heavy atom. The molecule has 0 atom stereocenters. The Morgan fingerprint density at radius 3 is 2.24 bits per heavy atom. The fourth-order valence-corrected chi connectivity index (χ4v) is 3.63. The molecule has 0 saturated carbocycles. The van der Waals surface area contributed by atoms with Gasteiger partial charge in [0.2, 0.25) is 21.8 Å². The Labute approximate surface area is 167 Å². The van der Waals surface area contributed by atoms with Crippen LogP contribution >= 0.6 is 0 Å². The van der Waals surface area contributed by atoms with Crippen LogP contribution < -0.4 is 14.8 Å². The molecule has 1 aliphatic rings. The summed E-state index contributed by atoms with van der Waals surface area (Å²) < 4.78 is 34.9. The van der Waals surface area contributed by atoms with E-state index < -0.39 is 32.7 Å². The molecule has 0 bridgehead atoms. The number of methoxy groups -OCH3 is 1. The summed E-state index contributed by atoms with van der Waals surface area (Å²) in [6.07, 6.45) is 0.551. The number of carbonyl (C=O) groups is 3. The number of para-hydroxylation sites is 1. The summed E-state index contributed by atoms with van der Waals surface area (Å²) >= 11 is 0. The summed E-state index contributed by atoms with van der Waals surface area (Å²) in [5, 5.41) is 5.34.